The fraction of sp³-hybridized carbons (Fsp3) is 0.905. The smallest absolute Gasteiger partial charge is 0.241 e. The zero-order valence-electron chi connectivity index (χ0n) is 19.6. The molecule has 0 spiro atoms. The Morgan fingerprint density at radius 1 is 1.03 bits per heavy atom. The Hall–Kier alpha value is -0.610. The fourth-order valence-electron chi connectivity index (χ4n) is 5.32. The molecule has 0 aliphatic carbocycles. The number of carbonyl (C=O) groups is 2. The first-order valence-electron chi connectivity index (χ1n) is 11.5. The van der Waals surface area contributed by atoms with Crippen LogP contribution in [0.5, 0.6) is 0 Å². The van der Waals surface area contributed by atoms with Crippen LogP contribution in [0.3, 0.4) is 0 Å². The maximum absolute atomic E-state index is 12.9. The minimum absolute atomic E-state index is 0. The molecule has 0 aromatic rings. The van der Waals surface area contributed by atoms with Crippen LogP contribution in [0.25, 0.3) is 0 Å². The zero-order chi connectivity index (χ0) is 21.9. The lowest BCUT2D eigenvalue weighted by atomic mass is 9.94. The molecule has 0 unspecified atom stereocenters. The average Bonchev–Trinajstić information content (AvgIpc) is 3.21. The van der Waals surface area contributed by atoms with Crippen LogP contribution in [0.1, 0.15) is 51.9 Å². The molecular formula is C21H40Cl2N4O4S. The van der Waals surface area contributed by atoms with Gasteiger partial charge in [-0.1, -0.05) is 19.8 Å². The Morgan fingerprint density at radius 2 is 1.69 bits per heavy atom. The SMILES string of the molecule is CCC[C@H]1C(=O)N(S(C)(=O)=O)[C@H]2CCN(C(=O)CCCCCN3CCN(C)CC3)[C@H]12.Cl.Cl. The van der Waals surface area contributed by atoms with Crippen molar-refractivity contribution in [1.29, 1.82) is 0 Å². The highest BCUT2D eigenvalue weighted by Crippen LogP contribution is 2.40. The standard InChI is InChI=1S/C21H38N4O4S.2ClH/c1-4-8-17-20-18(25(21(17)27)30(3,28)29)10-12-24(20)19(26)9-6-5-7-11-23-15-13-22(2)14-16-23;;/h17-18,20H,4-16H2,1-3H3;2*1H/t17-,18+,20-;;/m1../s1. The molecule has 2 amide bonds. The number of rotatable bonds is 9. The number of likely N-dealkylation sites (tertiary alicyclic amines) is 1. The average molecular weight is 516 g/mol. The van der Waals surface area contributed by atoms with E-state index in [0.29, 0.717) is 25.8 Å². The van der Waals surface area contributed by atoms with E-state index in [1.165, 1.54) is 0 Å². The van der Waals surface area contributed by atoms with Crippen LogP contribution in [0.15, 0.2) is 0 Å². The maximum Gasteiger partial charge on any atom is 0.241 e. The summed E-state index contributed by atoms with van der Waals surface area (Å²) in [5, 5.41) is 0. The first kappa shape index (κ1) is 29.4. The van der Waals surface area contributed by atoms with Gasteiger partial charge in [-0.15, -0.1) is 24.8 Å². The maximum atomic E-state index is 12.9. The highest BCUT2D eigenvalue weighted by Gasteiger charge is 2.56. The summed E-state index contributed by atoms with van der Waals surface area (Å²) in [6, 6.07) is -0.671. The van der Waals surface area contributed by atoms with E-state index in [1.807, 2.05) is 11.8 Å². The lowest BCUT2D eigenvalue weighted by molar-refractivity contribution is -0.134. The minimum Gasteiger partial charge on any atom is -0.337 e. The van der Waals surface area contributed by atoms with Crippen LogP contribution >= 0.6 is 24.8 Å². The number of amides is 2. The molecule has 3 heterocycles. The van der Waals surface area contributed by atoms with Gasteiger partial charge >= 0.3 is 0 Å². The molecule has 32 heavy (non-hydrogen) atoms. The largest absolute Gasteiger partial charge is 0.337 e. The summed E-state index contributed by atoms with van der Waals surface area (Å²) in [5.74, 6) is -0.635. The van der Waals surface area contributed by atoms with Crippen molar-refractivity contribution in [3.05, 3.63) is 0 Å². The summed E-state index contributed by atoms with van der Waals surface area (Å²) < 4.78 is 25.5. The number of nitrogens with zero attached hydrogens (tertiary/aromatic N) is 4. The highest BCUT2D eigenvalue weighted by molar-refractivity contribution is 7.88. The van der Waals surface area contributed by atoms with Gasteiger partial charge in [0.25, 0.3) is 0 Å². The quantitative estimate of drug-likeness (QED) is 0.436. The number of carbonyl (C=O) groups excluding carboxylic acids is 2. The van der Waals surface area contributed by atoms with Gasteiger partial charge in [-0.2, -0.15) is 0 Å². The summed E-state index contributed by atoms with van der Waals surface area (Å²) in [6.07, 6.45) is 6.53. The van der Waals surface area contributed by atoms with E-state index in [9.17, 15) is 18.0 Å². The van der Waals surface area contributed by atoms with Crippen molar-refractivity contribution < 1.29 is 18.0 Å². The summed E-state index contributed by atoms with van der Waals surface area (Å²) >= 11 is 0. The van der Waals surface area contributed by atoms with Crippen molar-refractivity contribution in [1.82, 2.24) is 19.0 Å². The third kappa shape index (κ3) is 6.72. The Balaban J connectivity index is 0.00000256. The number of hydrogen-bond acceptors (Lipinski definition) is 6. The number of halogens is 2. The second-order valence-electron chi connectivity index (χ2n) is 9.18. The summed E-state index contributed by atoms with van der Waals surface area (Å²) in [6.45, 7) is 8.12. The second-order valence-corrected chi connectivity index (χ2v) is 11.0. The third-order valence-corrected chi connectivity index (χ3v) is 8.07. The Bertz CT molecular complexity index is 731. The van der Waals surface area contributed by atoms with E-state index >= 15 is 0 Å². The number of sulfonamides is 1. The lowest BCUT2D eigenvalue weighted by Gasteiger charge is -2.32. The van der Waals surface area contributed by atoms with Gasteiger partial charge in [0.2, 0.25) is 21.8 Å². The molecule has 188 valence electrons. The van der Waals surface area contributed by atoms with Gasteiger partial charge in [-0.3, -0.25) is 9.59 Å². The Morgan fingerprint density at radius 3 is 2.28 bits per heavy atom. The second kappa shape index (κ2) is 12.7. The summed E-state index contributed by atoms with van der Waals surface area (Å²) in [7, 11) is -1.45. The number of piperazine rings is 1. The van der Waals surface area contributed by atoms with Gasteiger partial charge in [-0.05, 0) is 39.3 Å². The van der Waals surface area contributed by atoms with Crippen LogP contribution < -0.4 is 0 Å². The monoisotopic (exact) mass is 514 g/mol. The van der Waals surface area contributed by atoms with Crippen molar-refractivity contribution in [3.8, 4) is 0 Å². The van der Waals surface area contributed by atoms with Gasteiger partial charge in [-0.25, -0.2) is 12.7 Å². The molecule has 0 radical (unpaired) electrons. The van der Waals surface area contributed by atoms with Gasteiger partial charge in [0.05, 0.1) is 24.3 Å². The van der Waals surface area contributed by atoms with Gasteiger partial charge in [0.1, 0.15) is 0 Å². The Labute approximate surface area is 205 Å². The van der Waals surface area contributed by atoms with Crippen LogP contribution in [0.4, 0.5) is 0 Å². The number of likely N-dealkylation sites (N-methyl/N-ethyl adjacent to an activating group) is 1. The number of unbranched alkanes of at least 4 members (excludes halogenated alkanes) is 2. The number of fused-ring (bicyclic) bond motifs is 1. The predicted molar refractivity (Wildman–Crippen MR) is 131 cm³/mol. The minimum atomic E-state index is -3.61. The van der Waals surface area contributed by atoms with Crippen molar-refractivity contribution in [2.45, 2.75) is 64.0 Å². The van der Waals surface area contributed by atoms with E-state index < -0.39 is 15.9 Å². The molecule has 0 aromatic carbocycles. The molecule has 0 N–H and O–H groups in total. The first-order valence-corrected chi connectivity index (χ1v) is 13.3. The van der Waals surface area contributed by atoms with Crippen LogP contribution in [-0.4, -0.2) is 104 Å². The fourth-order valence-corrected chi connectivity index (χ4v) is 6.51. The summed E-state index contributed by atoms with van der Waals surface area (Å²) in [5.41, 5.74) is 0. The number of hydrogen-bond donors (Lipinski definition) is 0. The molecule has 3 aliphatic heterocycles. The van der Waals surface area contributed by atoms with Crippen molar-refractivity contribution in [3.63, 3.8) is 0 Å². The van der Waals surface area contributed by atoms with Crippen LogP contribution in [0.2, 0.25) is 0 Å². The van der Waals surface area contributed by atoms with Crippen molar-refractivity contribution >= 4 is 46.7 Å². The lowest BCUT2D eigenvalue weighted by Crippen LogP contribution is -2.44. The summed E-state index contributed by atoms with van der Waals surface area (Å²) in [4.78, 5) is 32.4. The topological polar surface area (TPSA) is 81.2 Å². The van der Waals surface area contributed by atoms with Gasteiger partial charge in [0.15, 0.2) is 0 Å². The van der Waals surface area contributed by atoms with E-state index in [2.05, 4.69) is 16.8 Å². The van der Waals surface area contributed by atoms with Crippen molar-refractivity contribution in [2.75, 3.05) is 52.6 Å². The third-order valence-electron chi connectivity index (χ3n) is 6.91. The van der Waals surface area contributed by atoms with E-state index in [4.69, 9.17) is 0 Å². The molecule has 0 saturated carbocycles. The van der Waals surface area contributed by atoms with Gasteiger partial charge < -0.3 is 14.7 Å². The molecule has 0 aromatic heterocycles. The van der Waals surface area contributed by atoms with E-state index in [-0.39, 0.29) is 48.7 Å². The molecule has 3 aliphatic rings. The van der Waals surface area contributed by atoms with E-state index in [1.54, 1.807) is 0 Å². The molecule has 8 nitrogen and oxygen atoms in total. The first-order chi connectivity index (χ1) is 14.2. The van der Waals surface area contributed by atoms with Crippen molar-refractivity contribution in [2.24, 2.45) is 5.92 Å². The zero-order valence-corrected chi connectivity index (χ0v) is 22.0. The van der Waals surface area contributed by atoms with Crippen LogP contribution in [0, 0.1) is 5.92 Å². The normalized spacial score (nSPS) is 26.6. The Kier molecular flexibility index (Phi) is 11.7. The molecule has 3 saturated heterocycles. The molecule has 0 bridgehead atoms. The predicted octanol–water partition coefficient (Wildman–Crippen LogP) is 1.83. The molecule has 3 atom stereocenters. The molecule has 11 heteroatoms. The molecule has 3 fully saturated rings. The highest BCUT2D eigenvalue weighted by atomic mass is 35.5. The molecule has 3 rings (SSSR count). The molecular weight excluding hydrogens is 475 g/mol. The van der Waals surface area contributed by atoms with Gasteiger partial charge in [0, 0.05) is 39.1 Å². The van der Waals surface area contributed by atoms with Crippen LogP contribution in [-0.2, 0) is 19.6 Å². The van der Waals surface area contributed by atoms with E-state index in [0.717, 1.165) is 69.0 Å².